The van der Waals surface area contributed by atoms with Crippen LogP contribution in [-0.2, 0) is 21.2 Å². The lowest BCUT2D eigenvalue weighted by Crippen LogP contribution is -2.45. The number of carbonyl (C=O) groups excluding carboxylic acids is 1. The van der Waals surface area contributed by atoms with E-state index in [0.717, 1.165) is 16.7 Å². The topological polar surface area (TPSA) is 63.7 Å². The third-order valence-corrected chi connectivity index (χ3v) is 8.47. The van der Waals surface area contributed by atoms with E-state index in [4.69, 9.17) is 4.74 Å². The first-order valence-electron chi connectivity index (χ1n) is 10.8. The maximum absolute atomic E-state index is 13.8. The van der Waals surface area contributed by atoms with Gasteiger partial charge in [0, 0.05) is 5.56 Å². The van der Waals surface area contributed by atoms with E-state index in [9.17, 15) is 13.2 Å². The number of carbonyl (C=O) groups is 1. The van der Waals surface area contributed by atoms with Crippen LogP contribution in [0.5, 0.6) is 0 Å². The molecule has 1 fully saturated rings. The lowest BCUT2D eigenvalue weighted by Gasteiger charge is -2.28. The number of fused-ring (bicyclic) bond motifs is 1. The van der Waals surface area contributed by atoms with Crippen LogP contribution in [0.15, 0.2) is 83.8 Å². The van der Waals surface area contributed by atoms with Crippen molar-refractivity contribution in [1.82, 2.24) is 4.31 Å². The summed E-state index contributed by atoms with van der Waals surface area (Å²) in [6, 6.07) is 23.4. The van der Waals surface area contributed by atoms with Crippen molar-refractivity contribution in [3.8, 4) is 0 Å². The van der Waals surface area contributed by atoms with E-state index in [-0.39, 0.29) is 10.7 Å². The second kappa shape index (κ2) is 7.96. The average molecular weight is 448 g/mol. The van der Waals surface area contributed by atoms with E-state index in [1.54, 1.807) is 24.3 Å². The first-order valence-corrected chi connectivity index (χ1v) is 12.2. The Morgan fingerprint density at radius 2 is 1.56 bits per heavy atom. The molecular formula is C26H25NO4S. The van der Waals surface area contributed by atoms with E-state index in [0.29, 0.717) is 12.0 Å². The van der Waals surface area contributed by atoms with Gasteiger partial charge in [-0.1, -0.05) is 72.3 Å². The highest BCUT2D eigenvalue weighted by Gasteiger charge is 2.53. The molecule has 1 heterocycles. The molecule has 0 saturated carbocycles. The molecule has 5 rings (SSSR count). The van der Waals surface area contributed by atoms with Crippen molar-refractivity contribution < 1.29 is 17.9 Å². The van der Waals surface area contributed by atoms with Crippen molar-refractivity contribution in [2.24, 2.45) is 5.92 Å². The lowest BCUT2D eigenvalue weighted by molar-refractivity contribution is -0.0106. The summed E-state index contributed by atoms with van der Waals surface area (Å²) in [5.41, 5.74) is 3.48. The van der Waals surface area contributed by atoms with Gasteiger partial charge in [0.15, 0.2) is 5.78 Å². The van der Waals surface area contributed by atoms with Gasteiger partial charge in [-0.25, -0.2) is 8.42 Å². The predicted molar refractivity (Wildman–Crippen MR) is 122 cm³/mol. The smallest absolute Gasteiger partial charge is 0.245 e. The third-order valence-electron chi connectivity index (χ3n) is 6.50. The number of rotatable bonds is 4. The molecular weight excluding hydrogens is 422 g/mol. The number of benzene rings is 3. The van der Waals surface area contributed by atoms with Crippen molar-refractivity contribution in [3.05, 3.63) is 101 Å². The number of ether oxygens (including phenoxy) is 1. The van der Waals surface area contributed by atoms with Crippen LogP contribution < -0.4 is 0 Å². The van der Waals surface area contributed by atoms with Crippen LogP contribution in [0, 0.1) is 12.8 Å². The zero-order chi connectivity index (χ0) is 22.5. The molecule has 4 unspecified atom stereocenters. The lowest BCUT2D eigenvalue weighted by atomic mass is 10.0. The fourth-order valence-corrected chi connectivity index (χ4v) is 6.59. The first-order chi connectivity index (χ1) is 15.4. The highest BCUT2D eigenvalue weighted by atomic mass is 32.2. The summed E-state index contributed by atoms with van der Waals surface area (Å²) in [5.74, 6) is -0.639. The molecule has 3 aromatic rings. The SMILES string of the molecule is Cc1ccc(S(=O)(=O)N2C(C)C(c3ccccc3)OC2C2Cc3ccccc3C2=O)cc1. The number of nitrogens with zero attached hydrogens (tertiary/aromatic N) is 1. The van der Waals surface area contributed by atoms with Gasteiger partial charge < -0.3 is 4.74 Å². The Balaban J connectivity index is 1.58. The minimum absolute atomic E-state index is 0.0596. The summed E-state index contributed by atoms with van der Waals surface area (Å²) in [6.45, 7) is 3.77. The largest absolute Gasteiger partial charge is 0.352 e. The molecule has 32 heavy (non-hydrogen) atoms. The average Bonchev–Trinajstić information content (AvgIpc) is 3.32. The van der Waals surface area contributed by atoms with Gasteiger partial charge in [-0.15, -0.1) is 0 Å². The van der Waals surface area contributed by atoms with E-state index in [1.807, 2.05) is 68.4 Å². The van der Waals surface area contributed by atoms with Crippen LogP contribution in [0.2, 0.25) is 0 Å². The minimum Gasteiger partial charge on any atom is -0.352 e. The van der Waals surface area contributed by atoms with Crippen LogP contribution in [0.3, 0.4) is 0 Å². The zero-order valence-corrected chi connectivity index (χ0v) is 18.8. The Morgan fingerprint density at radius 1 is 0.906 bits per heavy atom. The van der Waals surface area contributed by atoms with Gasteiger partial charge in [-0.2, -0.15) is 4.31 Å². The zero-order valence-electron chi connectivity index (χ0n) is 18.0. The summed E-state index contributed by atoms with van der Waals surface area (Å²) in [4.78, 5) is 13.5. The van der Waals surface area contributed by atoms with Crippen LogP contribution in [0.25, 0.3) is 0 Å². The molecule has 3 aromatic carbocycles. The van der Waals surface area contributed by atoms with Crippen molar-refractivity contribution in [2.45, 2.75) is 43.5 Å². The Bertz CT molecular complexity index is 1250. The number of aryl methyl sites for hydroxylation is 1. The van der Waals surface area contributed by atoms with E-state index in [2.05, 4.69) is 0 Å². The minimum atomic E-state index is -3.89. The second-order valence-corrected chi connectivity index (χ2v) is 10.4. The number of hydrogen-bond acceptors (Lipinski definition) is 4. The fourth-order valence-electron chi connectivity index (χ4n) is 4.85. The molecule has 0 radical (unpaired) electrons. The maximum Gasteiger partial charge on any atom is 0.245 e. The molecule has 5 nitrogen and oxygen atoms in total. The quantitative estimate of drug-likeness (QED) is 0.590. The van der Waals surface area contributed by atoms with Crippen molar-refractivity contribution in [1.29, 1.82) is 0 Å². The Kier molecular flexibility index (Phi) is 5.24. The van der Waals surface area contributed by atoms with Crippen LogP contribution in [0.4, 0.5) is 0 Å². The first kappa shape index (κ1) is 21.1. The molecule has 0 bridgehead atoms. The monoisotopic (exact) mass is 447 g/mol. The molecule has 1 aliphatic heterocycles. The van der Waals surface area contributed by atoms with Crippen LogP contribution >= 0.6 is 0 Å². The molecule has 164 valence electrons. The summed E-state index contributed by atoms with van der Waals surface area (Å²) in [5, 5.41) is 0. The van der Waals surface area contributed by atoms with E-state index < -0.39 is 34.3 Å². The summed E-state index contributed by atoms with van der Waals surface area (Å²) < 4.78 is 35.5. The Morgan fingerprint density at radius 3 is 2.25 bits per heavy atom. The molecule has 0 N–H and O–H groups in total. The highest BCUT2D eigenvalue weighted by molar-refractivity contribution is 7.89. The molecule has 0 aromatic heterocycles. The maximum atomic E-state index is 13.8. The van der Waals surface area contributed by atoms with Crippen molar-refractivity contribution >= 4 is 15.8 Å². The Hall–Kier alpha value is -2.80. The van der Waals surface area contributed by atoms with Crippen LogP contribution in [0.1, 0.15) is 40.1 Å². The summed E-state index contributed by atoms with van der Waals surface area (Å²) in [6.07, 6.45) is -0.868. The molecule has 1 aliphatic carbocycles. The van der Waals surface area contributed by atoms with Gasteiger partial charge in [0.25, 0.3) is 0 Å². The van der Waals surface area contributed by atoms with E-state index in [1.165, 1.54) is 4.31 Å². The number of sulfonamides is 1. The molecule has 0 spiro atoms. The van der Waals surface area contributed by atoms with Crippen molar-refractivity contribution in [2.75, 3.05) is 0 Å². The second-order valence-electron chi connectivity index (χ2n) is 8.58. The Labute approximate surface area is 188 Å². The molecule has 0 amide bonds. The van der Waals surface area contributed by atoms with Crippen LogP contribution in [-0.4, -0.2) is 30.8 Å². The van der Waals surface area contributed by atoms with E-state index >= 15 is 0 Å². The molecule has 6 heteroatoms. The number of Topliss-reactive ketones (excluding diaryl/α,β-unsaturated/α-hetero) is 1. The molecule has 4 atom stereocenters. The van der Waals surface area contributed by atoms with Gasteiger partial charge in [0.2, 0.25) is 10.0 Å². The summed E-state index contributed by atoms with van der Waals surface area (Å²) in [7, 11) is -3.89. The predicted octanol–water partition coefficient (Wildman–Crippen LogP) is 4.53. The number of hydrogen-bond donors (Lipinski definition) is 0. The van der Waals surface area contributed by atoms with Gasteiger partial charge in [0.05, 0.1) is 16.9 Å². The normalized spacial score (nSPS) is 25.8. The molecule has 1 saturated heterocycles. The van der Waals surface area contributed by atoms with Gasteiger partial charge in [-0.3, -0.25) is 4.79 Å². The fraction of sp³-hybridized carbons (Fsp3) is 0.269. The van der Waals surface area contributed by atoms with Crippen molar-refractivity contribution in [3.63, 3.8) is 0 Å². The highest BCUT2D eigenvalue weighted by Crippen LogP contribution is 2.44. The van der Waals surface area contributed by atoms with Gasteiger partial charge in [-0.05, 0) is 43.5 Å². The van der Waals surface area contributed by atoms with Gasteiger partial charge >= 0.3 is 0 Å². The third kappa shape index (κ3) is 3.39. The molecule has 2 aliphatic rings. The summed E-state index contributed by atoms with van der Waals surface area (Å²) >= 11 is 0. The standard InChI is InChI=1S/C26H25NO4S/c1-17-12-14-21(15-13-17)32(29,30)27-18(2)25(19-8-4-3-5-9-19)31-26(27)23-16-20-10-6-7-11-22(20)24(23)28/h3-15,18,23,25-26H,16H2,1-2H3. The number of ketones is 1. The van der Waals surface area contributed by atoms with Gasteiger partial charge in [0.1, 0.15) is 12.3 Å².